The molecule has 0 saturated carbocycles. The highest BCUT2D eigenvalue weighted by molar-refractivity contribution is 7.99. The molecule has 6 nitrogen and oxygen atoms in total. The molecule has 1 unspecified atom stereocenters. The van der Waals surface area contributed by atoms with Crippen LogP contribution < -0.4 is 10.1 Å². The number of carbonyl (C=O) groups is 2. The number of ether oxygens (including phenoxy) is 2. The van der Waals surface area contributed by atoms with Crippen LogP contribution in [0.2, 0.25) is 0 Å². The highest BCUT2D eigenvalue weighted by atomic mass is 32.2. The van der Waals surface area contributed by atoms with Gasteiger partial charge in [0.15, 0.2) is 0 Å². The summed E-state index contributed by atoms with van der Waals surface area (Å²) in [6.45, 7) is 0.617. The molecule has 154 valence electrons. The fraction of sp³-hybridized carbons (Fsp3) is 0.364. The lowest BCUT2D eigenvalue weighted by atomic mass is 10.1. The van der Waals surface area contributed by atoms with Crippen LogP contribution >= 0.6 is 11.8 Å². The molecule has 7 heteroatoms. The summed E-state index contributed by atoms with van der Waals surface area (Å²) in [5.41, 5.74) is 2.01. The molecule has 29 heavy (non-hydrogen) atoms. The van der Waals surface area contributed by atoms with E-state index in [1.807, 2.05) is 66.4 Å². The number of rotatable bonds is 6. The number of amides is 2. The summed E-state index contributed by atoms with van der Waals surface area (Å²) in [7, 11) is 2.97. The van der Waals surface area contributed by atoms with E-state index in [9.17, 15) is 9.59 Å². The summed E-state index contributed by atoms with van der Waals surface area (Å²) in [6.07, 6.45) is 0.384. The van der Waals surface area contributed by atoms with Crippen LogP contribution in [-0.4, -0.2) is 55.2 Å². The number of urea groups is 1. The van der Waals surface area contributed by atoms with E-state index < -0.39 is 12.0 Å². The van der Waals surface area contributed by atoms with Crippen LogP contribution in [0.15, 0.2) is 54.6 Å². The number of nitrogens with zero attached hydrogens (tertiary/aromatic N) is 1. The van der Waals surface area contributed by atoms with Crippen molar-refractivity contribution in [1.29, 1.82) is 0 Å². The van der Waals surface area contributed by atoms with Crippen LogP contribution in [0.3, 0.4) is 0 Å². The SMILES string of the molecule is COC(=O)[C@H](Cc1ccccc1)NC(=O)N1CCSCC1c1ccc(OC)cc1. The Kier molecular flexibility index (Phi) is 7.41. The van der Waals surface area contributed by atoms with E-state index in [4.69, 9.17) is 9.47 Å². The Morgan fingerprint density at radius 3 is 2.52 bits per heavy atom. The topological polar surface area (TPSA) is 67.9 Å². The number of carbonyl (C=O) groups excluding carboxylic acids is 2. The molecule has 1 aliphatic rings. The van der Waals surface area contributed by atoms with E-state index in [1.165, 1.54) is 7.11 Å². The Hall–Kier alpha value is -2.67. The van der Waals surface area contributed by atoms with Gasteiger partial charge in [0.1, 0.15) is 11.8 Å². The molecule has 0 bridgehead atoms. The van der Waals surface area contributed by atoms with E-state index in [0.29, 0.717) is 13.0 Å². The second-order valence-corrected chi connectivity index (χ2v) is 7.92. The van der Waals surface area contributed by atoms with E-state index in [2.05, 4.69) is 5.32 Å². The lowest BCUT2D eigenvalue weighted by molar-refractivity contribution is -0.142. The van der Waals surface area contributed by atoms with Crippen LogP contribution in [0.1, 0.15) is 17.2 Å². The van der Waals surface area contributed by atoms with Gasteiger partial charge >= 0.3 is 12.0 Å². The van der Waals surface area contributed by atoms with Crippen LogP contribution in [0.25, 0.3) is 0 Å². The van der Waals surface area contributed by atoms with Gasteiger partial charge in [-0.25, -0.2) is 9.59 Å². The van der Waals surface area contributed by atoms with Crippen molar-refractivity contribution in [3.63, 3.8) is 0 Å². The lowest BCUT2D eigenvalue weighted by Gasteiger charge is -2.36. The first-order valence-corrected chi connectivity index (χ1v) is 10.7. The van der Waals surface area contributed by atoms with Gasteiger partial charge in [-0.3, -0.25) is 0 Å². The fourth-order valence-electron chi connectivity index (χ4n) is 3.37. The number of hydrogen-bond donors (Lipinski definition) is 1. The van der Waals surface area contributed by atoms with Gasteiger partial charge in [-0.05, 0) is 23.3 Å². The largest absolute Gasteiger partial charge is 0.497 e. The highest BCUT2D eigenvalue weighted by Gasteiger charge is 2.31. The third kappa shape index (κ3) is 5.44. The summed E-state index contributed by atoms with van der Waals surface area (Å²) < 4.78 is 10.1. The quantitative estimate of drug-likeness (QED) is 0.735. The maximum atomic E-state index is 13.1. The van der Waals surface area contributed by atoms with Crippen molar-refractivity contribution in [2.24, 2.45) is 0 Å². The second-order valence-electron chi connectivity index (χ2n) is 6.77. The Morgan fingerprint density at radius 2 is 1.86 bits per heavy atom. The molecule has 0 spiro atoms. The van der Waals surface area contributed by atoms with Crippen LogP contribution in [0.4, 0.5) is 4.79 Å². The number of thioether (sulfide) groups is 1. The van der Waals surface area contributed by atoms with Gasteiger partial charge in [0.25, 0.3) is 0 Å². The fourth-order valence-corrected chi connectivity index (χ4v) is 4.45. The summed E-state index contributed by atoms with van der Waals surface area (Å²) in [5.74, 6) is 2.00. The van der Waals surface area contributed by atoms with Crippen LogP contribution in [0, 0.1) is 0 Å². The maximum absolute atomic E-state index is 13.1. The molecule has 1 heterocycles. The van der Waals surface area contributed by atoms with Crippen molar-refractivity contribution >= 4 is 23.8 Å². The third-order valence-corrected chi connectivity index (χ3v) is 5.98. The van der Waals surface area contributed by atoms with Crippen molar-refractivity contribution < 1.29 is 19.1 Å². The first-order valence-electron chi connectivity index (χ1n) is 9.53. The minimum atomic E-state index is -0.735. The molecule has 0 radical (unpaired) electrons. The van der Waals surface area contributed by atoms with Crippen molar-refractivity contribution in [2.75, 3.05) is 32.3 Å². The Bertz CT molecular complexity index is 813. The highest BCUT2D eigenvalue weighted by Crippen LogP contribution is 2.30. The average Bonchev–Trinajstić information content (AvgIpc) is 2.78. The van der Waals surface area contributed by atoms with Gasteiger partial charge < -0.3 is 19.7 Å². The minimum absolute atomic E-state index is 0.0605. The number of esters is 1. The molecule has 1 fully saturated rings. The zero-order valence-corrected chi connectivity index (χ0v) is 17.5. The zero-order valence-electron chi connectivity index (χ0n) is 16.7. The molecule has 2 amide bonds. The molecule has 2 atom stereocenters. The minimum Gasteiger partial charge on any atom is -0.497 e. The standard InChI is InChI=1S/C22H26N2O4S/c1-27-18-10-8-17(9-11-18)20-15-29-13-12-24(20)22(26)23-19(21(25)28-2)14-16-6-4-3-5-7-16/h3-11,19-20H,12-15H2,1-2H3,(H,23,26)/t19-,20?/m0/s1. The molecule has 0 aromatic heterocycles. The van der Waals surface area contributed by atoms with E-state index in [0.717, 1.165) is 28.4 Å². The predicted molar refractivity (Wildman–Crippen MR) is 114 cm³/mol. The van der Waals surface area contributed by atoms with Crippen LogP contribution in [0.5, 0.6) is 5.75 Å². The average molecular weight is 415 g/mol. The van der Waals surface area contributed by atoms with Crippen molar-refractivity contribution in [2.45, 2.75) is 18.5 Å². The second kappa shape index (κ2) is 10.2. The number of methoxy groups -OCH3 is 2. The molecular weight excluding hydrogens is 388 g/mol. The first-order chi connectivity index (χ1) is 14.1. The number of nitrogens with one attached hydrogen (secondary N) is 1. The van der Waals surface area contributed by atoms with Gasteiger partial charge in [-0.2, -0.15) is 11.8 Å². The molecule has 1 aliphatic heterocycles. The monoisotopic (exact) mass is 414 g/mol. The zero-order chi connectivity index (χ0) is 20.6. The Morgan fingerprint density at radius 1 is 1.14 bits per heavy atom. The van der Waals surface area contributed by atoms with Gasteiger partial charge in [0.05, 0.1) is 20.3 Å². The summed E-state index contributed by atoms with van der Waals surface area (Å²) >= 11 is 1.82. The predicted octanol–water partition coefficient (Wildman–Crippen LogP) is 3.28. The molecule has 2 aromatic carbocycles. The molecule has 3 rings (SSSR count). The van der Waals surface area contributed by atoms with Gasteiger partial charge in [-0.1, -0.05) is 42.5 Å². The number of benzene rings is 2. The van der Waals surface area contributed by atoms with Gasteiger partial charge in [0, 0.05) is 24.5 Å². The van der Waals surface area contributed by atoms with Crippen molar-refractivity contribution in [1.82, 2.24) is 10.2 Å². The molecule has 2 aromatic rings. The summed E-state index contributed by atoms with van der Waals surface area (Å²) in [5, 5.41) is 2.89. The van der Waals surface area contributed by atoms with Crippen molar-refractivity contribution in [3.05, 3.63) is 65.7 Å². The van der Waals surface area contributed by atoms with Crippen molar-refractivity contribution in [3.8, 4) is 5.75 Å². The summed E-state index contributed by atoms with van der Waals surface area (Å²) in [6, 6.07) is 16.3. The number of hydrogen-bond acceptors (Lipinski definition) is 5. The molecule has 1 saturated heterocycles. The van der Waals surface area contributed by atoms with Gasteiger partial charge in [-0.15, -0.1) is 0 Å². The van der Waals surface area contributed by atoms with Crippen LogP contribution in [-0.2, 0) is 16.0 Å². The normalized spacial score (nSPS) is 17.3. The first kappa shape index (κ1) is 21.0. The molecule has 1 N–H and O–H groups in total. The van der Waals surface area contributed by atoms with Gasteiger partial charge in [0.2, 0.25) is 0 Å². The Labute approximate surface area is 175 Å². The molecular formula is C22H26N2O4S. The smallest absolute Gasteiger partial charge is 0.328 e. The molecule has 0 aliphatic carbocycles. The lowest BCUT2D eigenvalue weighted by Crippen LogP contribution is -2.52. The Balaban J connectivity index is 1.74. The van der Waals surface area contributed by atoms with E-state index in [-0.39, 0.29) is 12.1 Å². The maximum Gasteiger partial charge on any atom is 0.328 e. The van der Waals surface area contributed by atoms with E-state index >= 15 is 0 Å². The summed E-state index contributed by atoms with van der Waals surface area (Å²) in [4.78, 5) is 27.2. The van der Waals surface area contributed by atoms with E-state index in [1.54, 1.807) is 12.0 Å². The third-order valence-electron chi connectivity index (χ3n) is 4.96.